The fraction of sp³-hybridized carbons (Fsp3) is 0.533. The van der Waals surface area contributed by atoms with Gasteiger partial charge in [-0.15, -0.1) is 0 Å². The lowest BCUT2D eigenvalue weighted by molar-refractivity contribution is -0.141. The number of carbonyl (C=O) groups is 1. The quantitative estimate of drug-likeness (QED) is 0.814. The normalized spacial score (nSPS) is 30.9. The first-order valence-electron chi connectivity index (χ1n) is 6.67. The number of hydrogen-bond acceptors (Lipinski definition) is 4. The van der Waals surface area contributed by atoms with Crippen LogP contribution in [0.25, 0.3) is 0 Å². The van der Waals surface area contributed by atoms with Crippen LogP contribution in [0.1, 0.15) is 31.4 Å². The van der Waals surface area contributed by atoms with Crippen molar-refractivity contribution in [1.29, 1.82) is 0 Å². The lowest BCUT2D eigenvalue weighted by atomic mass is 9.82. The van der Waals surface area contributed by atoms with Gasteiger partial charge >= 0.3 is 5.97 Å². The molecule has 19 heavy (non-hydrogen) atoms. The Morgan fingerprint density at radius 2 is 2.11 bits per heavy atom. The standard InChI is InChI=1S/C15H21NO3/c1-10-13(17)8-12(9-14(18)19-2)16-15(10)11-6-4-3-5-7-11/h3-7,10,12-13,15-17H,8-9H2,1-2H3/t10-,12-,13+,15+/m0/s1. The summed E-state index contributed by atoms with van der Waals surface area (Å²) in [6.07, 6.45) is 0.476. The highest BCUT2D eigenvalue weighted by molar-refractivity contribution is 5.69. The zero-order valence-electron chi connectivity index (χ0n) is 11.4. The minimum absolute atomic E-state index is 0.0381. The number of carbonyl (C=O) groups excluding carboxylic acids is 1. The Labute approximate surface area is 113 Å². The molecule has 2 rings (SSSR count). The van der Waals surface area contributed by atoms with Gasteiger partial charge in [0.25, 0.3) is 0 Å². The molecule has 1 fully saturated rings. The van der Waals surface area contributed by atoms with Crippen molar-refractivity contribution in [3.05, 3.63) is 35.9 Å². The highest BCUT2D eigenvalue weighted by atomic mass is 16.5. The summed E-state index contributed by atoms with van der Waals surface area (Å²) in [5.41, 5.74) is 1.14. The van der Waals surface area contributed by atoms with Crippen molar-refractivity contribution in [3.8, 4) is 0 Å². The van der Waals surface area contributed by atoms with Crippen LogP contribution in [-0.4, -0.2) is 30.3 Å². The van der Waals surface area contributed by atoms with E-state index in [0.29, 0.717) is 12.8 Å². The molecule has 1 aromatic rings. The SMILES string of the molecule is COC(=O)C[C@@H]1C[C@@H](O)[C@H](C)[C@H](c2ccccc2)N1. The molecule has 0 bridgehead atoms. The molecule has 1 heterocycles. The number of nitrogens with one attached hydrogen (secondary N) is 1. The Bertz CT molecular complexity index is 421. The summed E-state index contributed by atoms with van der Waals surface area (Å²) in [5.74, 6) is -0.123. The first-order chi connectivity index (χ1) is 9.11. The third-order valence-corrected chi connectivity index (χ3v) is 3.87. The highest BCUT2D eigenvalue weighted by Crippen LogP contribution is 2.32. The second-order valence-electron chi connectivity index (χ2n) is 5.19. The van der Waals surface area contributed by atoms with E-state index >= 15 is 0 Å². The van der Waals surface area contributed by atoms with E-state index in [0.717, 1.165) is 5.56 Å². The van der Waals surface area contributed by atoms with Crippen LogP contribution in [0.4, 0.5) is 0 Å². The summed E-state index contributed by atoms with van der Waals surface area (Å²) < 4.78 is 4.70. The van der Waals surface area contributed by atoms with E-state index in [4.69, 9.17) is 4.74 Å². The van der Waals surface area contributed by atoms with Gasteiger partial charge in [0.05, 0.1) is 19.6 Å². The fourth-order valence-electron chi connectivity index (χ4n) is 2.69. The van der Waals surface area contributed by atoms with E-state index in [1.807, 2.05) is 37.3 Å². The minimum atomic E-state index is -0.402. The lowest BCUT2D eigenvalue weighted by Gasteiger charge is -2.39. The monoisotopic (exact) mass is 263 g/mol. The Balaban J connectivity index is 2.11. The number of aliphatic hydroxyl groups is 1. The number of rotatable bonds is 3. The predicted molar refractivity (Wildman–Crippen MR) is 72.5 cm³/mol. The van der Waals surface area contributed by atoms with E-state index in [1.165, 1.54) is 7.11 Å². The number of benzene rings is 1. The smallest absolute Gasteiger partial charge is 0.307 e. The maximum atomic E-state index is 11.4. The zero-order chi connectivity index (χ0) is 13.8. The van der Waals surface area contributed by atoms with Gasteiger partial charge in [-0.25, -0.2) is 0 Å². The van der Waals surface area contributed by atoms with Crippen molar-refractivity contribution in [2.45, 2.75) is 38.0 Å². The molecule has 0 aliphatic carbocycles. The average Bonchev–Trinajstić information content (AvgIpc) is 2.43. The summed E-state index contributed by atoms with van der Waals surface area (Å²) in [4.78, 5) is 11.4. The summed E-state index contributed by atoms with van der Waals surface area (Å²) in [5, 5.41) is 13.6. The number of ether oxygens (including phenoxy) is 1. The molecule has 4 heteroatoms. The Kier molecular flexibility index (Phi) is 4.56. The molecule has 0 saturated carbocycles. The van der Waals surface area contributed by atoms with E-state index in [2.05, 4.69) is 5.32 Å². The van der Waals surface area contributed by atoms with Gasteiger partial charge in [-0.2, -0.15) is 0 Å². The van der Waals surface area contributed by atoms with Crippen LogP contribution in [0.3, 0.4) is 0 Å². The molecule has 1 aromatic carbocycles. The van der Waals surface area contributed by atoms with E-state index < -0.39 is 6.10 Å². The van der Waals surface area contributed by atoms with Crippen molar-refractivity contribution < 1.29 is 14.6 Å². The van der Waals surface area contributed by atoms with Crippen LogP contribution in [0.15, 0.2) is 30.3 Å². The van der Waals surface area contributed by atoms with Crippen molar-refractivity contribution in [2.24, 2.45) is 5.92 Å². The second-order valence-corrected chi connectivity index (χ2v) is 5.19. The van der Waals surface area contributed by atoms with Gasteiger partial charge in [-0.05, 0) is 12.0 Å². The number of aliphatic hydroxyl groups excluding tert-OH is 1. The van der Waals surface area contributed by atoms with Crippen molar-refractivity contribution in [1.82, 2.24) is 5.32 Å². The average molecular weight is 263 g/mol. The molecule has 4 nitrogen and oxygen atoms in total. The molecule has 104 valence electrons. The summed E-state index contributed by atoms with van der Waals surface area (Å²) in [6, 6.07) is 10.1. The van der Waals surface area contributed by atoms with Gasteiger partial charge in [0.1, 0.15) is 0 Å². The van der Waals surface area contributed by atoms with Gasteiger partial charge in [-0.1, -0.05) is 37.3 Å². The molecule has 1 aliphatic rings. The van der Waals surface area contributed by atoms with Crippen LogP contribution in [0.2, 0.25) is 0 Å². The molecule has 0 spiro atoms. The van der Waals surface area contributed by atoms with Crippen molar-refractivity contribution in [3.63, 3.8) is 0 Å². The Morgan fingerprint density at radius 3 is 2.74 bits per heavy atom. The van der Waals surface area contributed by atoms with Crippen LogP contribution in [0.5, 0.6) is 0 Å². The third kappa shape index (κ3) is 3.33. The fourth-order valence-corrected chi connectivity index (χ4v) is 2.69. The minimum Gasteiger partial charge on any atom is -0.469 e. The summed E-state index contributed by atoms with van der Waals surface area (Å²) >= 11 is 0. The van der Waals surface area contributed by atoms with E-state index in [9.17, 15) is 9.90 Å². The van der Waals surface area contributed by atoms with Crippen LogP contribution in [0, 0.1) is 5.92 Å². The highest BCUT2D eigenvalue weighted by Gasteiger charge is 2.35. The summed E-state index contributed by atoms with van der Waals surface area (Å²) in [7, 11) is 1.39. The number of hydrogen-bond donors (Lipinski definition) is 2. The predicted octanol–water partition coefficient (Wildman–Crippen LogP) is 1.65. The third-order valence-electron chi connectivity index (χ3n) is 3.87. The second kappa shape index (κ2) is 6.17. The molecule has 0 amide bonds. The summed E-state index contributed by atoms with van der Waals surface area (Å²) in [6.45, 7) is 2.03. The molecule has 1 saturated heterocycles. The maximum Gasteiger partial charge on any atom is 0.307 e. The van der Waals surface area contributed by atoms with Crippen LogP contribution < -0.4 is 5.32 Å². The molecule has 0 radical (unpaired) electrons. The van der Waals surface area contributed by atoms with Gasteiger partial charge in [0, 0.05) is 18.0 Å². The van der Waals surface area contributed by atoms with E-state index in [1.54, 1.807) is 0 Å². The molecule has 2 N–H and O–H groups in total. The van der Waals surface area contributed by atoms with E-state index in [-0.39, 0.29) is 24.0 Å². The van der Waals surface area contributed by atoms with Gasteiger partial charge in [0.15, 0.2) is 0 Å². The van der Waals surface area contributed by atoms with Gasteiger partial charge in [0.2, 0.25) is 0 Å². The van der Waals surface area contributed by atoms with Crippen LogP contribution in [-0.2, 0) is 9.53 Å². The molecule has 0 unspecified atom stereocenters. The first-order valence-corrected chi connectivity index (χ1v) is 6.67. The molecule has 1 aliphatic heterocycles. The van der Waals surface area contributed by atoms with Crippen LogP contribution >= 0.6 is 0 Å². The Hall–Kier alpha value is -1.39. The van der Waals surface area contributed by atoms with Crippen molar-refractivity contribution in [2.75, 3.05) is 7.11 Å². The number of piperidine rings is 1. The zero-order valence-corrected chi connectivity index (χ0v) is 11.4. The van der Waals surface area contributed by atoms with Gasteiger partial charge < -0.3 is 15.2 Å². The number of esters is 1. The van der Waals surface area contributed by atoms with Gasteiger partial charge in [-0.3, -0.25) is 4.79 Å². The lowest BCUT2D eigenvalue weighted by Crippen LogP contribution is -2.48. The van der Waals surface area contributed by atoms with Crippen molar-refractivity contribution >= 4 is 5.97 Å². The largest absolute Gasteiger partial charge is 0.469 e. The number of methoxy groups -OCH3 is 1. The molecule has 0 aromatic heterocycles. The molecular formula is C15H21NO3. The molecule has 4 atom stereocenters. The Morgan fingerprint density at radius 1 is 1.42 bits per heavy atom. The maximum absolute atomic E-state index is 11.4. The topological polar surface area (TPSA) is 58.6 Å². The first kappa shape index (κ1) is 14.0. The molecular weight excluding hydrogens is 242 g/mol.